The van der Waals surface area contributed by atoms with Crippen molar-refractivity contribution in [1.82, 2.24) is 15.0 Å². The molecule has 0 aromatic carbocycles. The topological polar surface area (TPSA) is 115 Å². The van der Waals surface area contributed by atoms with E-state index >= 15 is 0 Å². The molecule has 1 saturated carbocycles. The van der Waals surface area contributed by atoms with Gasteiger partial charge in [0.15, 0.2) is 5.75 Å². The maximum absolute atomic E-state index is 12.0. The molecule has 3 aromatic heterocycles. The number of nitrogens with two attached hydrogens (primary N) is 1. The molecule has 8 heteroatoms. The molecule has 1 amide bonds. The van der Waals surface area contributed by atoms with Crippen molar-refractivity contribution in [2.24, 2.45) is 5.92 Å². The summed E-state index contributed by atoms with van der Waals surface area (Å²) in [5.74, 6) is 1.74. The summed E-state index contributed by atoms with van der Waals surface area (Å²) in [6.45, 7) is 1.31. The van der Waals surface area contributed by atoms with E-state index in [4.69, 9.17) is 10.5 Å². The maximum Gasteiger partial charge on any atom is 0.228 e. The Morgan fingerprint density at radius 2 is 2.15 bits per heavy atom. The third-order valence-corrected chi connectivity index (χ3v) is 4.78. The van der Waals surface area contributed by atoms with E-state index in [1.807, 2.05) is 12.1 Å². The van der Waals surface area contributed by atoms with Crippen LogP contribution in [0.4, 0.5) is 17.3 Å². The Bertz CT molecular complexity index is 1060. The minimum Gasteiger partial charge on any atom is -0.489 e. The van der Waals surface area contributed by atoms with Crippen molar-refractivity contribution in [2.75, 3.05) is 29.5 Å². The highest BCUT2D eigenvalue weighted by atomic mass is 16.5. The quantitative estimate of drug-likeness (QED) is 0.655. The molecule has 0 saturated heterocycles. The Morgan fingerprint density at radius 1 is 1.26 bits per heavy atom. The highest BCUT2D eigenvalue weighted by molar-refractivity contribution is 5.98. The zero-order chi connectivity index (χ0) is 18.4. The van der Waals surface area contributed by atoms with Crippen LogP contribution in [0, 0.1) is 5.92 Å². The molecule has 5 rings (SSSR count). The van der Waals surface area contributed by atoms with Crippen LogP contribution in [0.2, 0.25) is 0 Å². The number of hydrogen-bond donors (Lipinski definition) is 3. The first-order chi connectivity index (χ1) is 13.2. The average molecular weight is 362 g/mol. The van der Waals surface area contributed by atoms with E-state index in [1.54, 1.807) is 18.6 Å². The van der Waals surface area contributed by atoms with Crippen molar-refractivity contribution >= 4 is 34.0 Å². The van der Waals surface area contributed by atoms with E-state index in [-0.39, 0.29) is 11.8 Å². The SMILES string of the molecule is Nc1nc(-c2cncc3c2OCCN3)cc2cc(NC(=O)C3CC3)ncc12. The van der Waals surface area contributed by atoms with Crippen molar-refractivity contribution in [3.63, 3.8) is 0 Å². The molecule has 27 heavy (non-hydrogen) atoms. The van der Waals surface area contributed by atoms with Gasteiger partial charge >= 0.3 is 0 Å². The summed E-state index contributed by atoms with van der Waals surface area (Å²) in [6, 6.07) is 3.73. The van der Waals surface area contributed by atoms with Crippen molar-refractivity contribution in [1.29, 1.82) is 0 Å². The van der Waals surface area contributed by atoms with Gasteiger partial charge in [0.25, 0.3) is 0 Å². The van der Waals surface area contributed by atoms with Gasteiger partial charge in [-0.15, -0.1) is 0 Å². The molecule has 3 aromatic rings. The smallest absolute Gasteiger partial charge is 0.228 e. The molecule has 0 bridgehead atoms. The van der Waals surface area contributed by atoms with Crippen molar-refractivity contribution in [3.8, 4) is 17.0 Å². The van der Waals surface area contributed by atoms with E-state index in [0.29, 0.717) is 23.9 Å². The highest BCUT2D eigenvalue weighted by Gasteiger charge is 2.29. The molecule has 0 atom stereocenters. The van der Waals surface area contributed by atoms with E-state index in [2.05, 4.69) is 25.6 Å². The number of ether oxygens (including phenoxy) is 1. The zero-order valence-electron chi connectivity index (χ0n) is 14.5. The van der Waals surface area contributed by atoms with E-state index in [0.717, 1.165) is 47.2 Å². The number of rotatable bonds is 3. The summed E-state index contributed by atoms with van der Waals surface area (Å²) in [5, 5.41) is 7.72. The molecule has 4 heterocycles. The van der Waals surface area contributed by atoms with Crippen LogP contribution in [0.3, 0.4) is 0 Å². The number of hydrogen-bond acceptors (Lipinski definition) is 7. The third kappa shape index (κ3) is 2.88. The first-order valence-corrected chi connectivity index (χ1v) is 8.91. The first-order valence-electron chi connectivity index (χ1n) is 8.91. The monoisotopic (exact) mass is 362 g/mol. The molecule has 0 unspecified atom stereocenters. The second-order valence-electron chi connectivity index (χ2n) is 6.79. The predicted octanol–water partition coefficient (Wildman–Crippen LogP) is 2.43. The molecule has 0 radical (unpaired) electrons. The Kier molecular flexibility index (Phi) is 3.56. The molecule has 1 aliphatic carbocycles. The summed E-state index contributed by atoms with van der Waals surface area (Å²) in [7, 11) is 0. The summed E-state index contributed by atoms with van der Waals surface area (Å²) in [5.41, 5.74) is 8.44. The first kappa shape index (κ1) is 15.8. The Morgan fingerprint density at radius 3 is 3.00 bits per heavy atom. The Labute approximate surface area is 155 Å². The predicted molar refractivity (Wildman–Crippen MR) is 103 cm³/mol. The lowest BCUT2D eigenvalue weighted by Gasteiger charge is -2.21. The molecule has 4 N–H and O–H groups in total. The van der Waals surface area contributed by atoms with Crippen LogP contribution in [0.25, 0.3) is 22.0 Å². The molecule has 8 nitrogen and oxygen atoms in total. The van der Waals surface area contributed by atoms with Crippen molar-refractivity contribution < 1.29 is 9.53 Å². The van der Waals surface area contributed by atoms with Crippen LogP contribution in [-0.2, 0) is 4.79 Å². The lowest BCUT2D eigenvalue weighted by atomic mass is 10.1. The number of amides is 1. The molecule has 1 aliphatic heterocycles. The van der Waals surface area contributed by atoms with E-state index in [9.17, 15) is 4.79 Å². The van der Waals surface area contributed by atoms with Gasteiger partial charge in [-0.1, -0.05) is 0 Å². The van der Waals surface area contributed by atoms with Gasteiger partial charge in [0.2, 0.25) is 5.91 Å². The zero-order valence-corrected chi connectivity index (χ0v) is 14.5. The number of fused-ring (bicyclic) bond motifs is 2. The molecule has 0 spiro atoms. The fourth-order valence-electron chi connectivity index (χ4n) is 3.21. The van der Waals surface area contributed by atoms with Crippen LogP contribution in [0.5, 0.6) is 5.75 Å². The molecule has 1 fully saturated rings. The van der Waals surface area contributed by atoms with Gasteiger partial charge in [-0.05, 0) is 30.4 Å². The Hall–Kier alpha value is -3.42. The van der Waals surface area contributed by atoms with Gasteiger partial charge in [0, 0.05) is 30.2 Å². The highest BCUT2D eigenvalue weighted by Crippen LogP contribution is 2.38. The Balaban J connectivity index is 1.58. The van der Waals surface area contributed by atoms with Crippen molar-refractivity contribution in [2.45, 2.75) is 12.8 Å². The summed E-state index contributed by atoms with van der Waals surface area (Å²) < 4.78 is 5.82. The van der Waals surface area contributed by atoms with Crippen LogP contribution in [0.15, 0.2) is 30.7 Å². The lowest BCUT2D eigenvalue weighted by Crippen LogP contribution is -2.18. The molecular formula is C19H18N6O2. The van der Waals surface area contributed by atoms with Gasteiger partial charge in [0.05, 0.1) is 23.1 Å². The number of aromatic nitrogens is 3. The van der Waals surface area contributed by atoms with Crippen LogP contribution >= 0.6 is 0 Å². The van der Waals surface area contributed by atoms with Gasteiger partial charge < -0.3 is 21.1 Å². The second kappa shape index (κ2) is 6.08. The maximum atomic E-state index is 12.0. The number of nitrogens with zero attached hydrogens (tertiary/aromatic N) is 3. The van der Waals surface area contributed by atoms with Crippen LogP contribution in [0.1, 0.15) is 12.8 Å². The van der Waals surface area contributed by atoms with Gasteiger partial charge in [0.1, 0.15) is 18.2 Å². The number of nitrogens with one attached hydrogen (secondary N) is 2. The second-order valence-corrected chi connectivity index (χ2v) is 6.79. The minimum atomic E-state index is 0.0184. The normalized spacial score (nSPS) is 15.6. The number of carbonyl (C=O) groups is 1. The van der Waals surface area contributed by atoms with Crippen molar-refractivity contribution in [3.05, 3.63) is 30.7 Å². The number of anilines is 3. The van der Waals surface area contributed by atoms with E-state index < -0.39 is 0 Å². The standard InChI is InChI=1S/C19H18N6O2/c20-18-12-8-23-16(25-19(26)10-1-2-10)6-11(12)5-14(24-18)13-7-21-9-15-17(13)27-4-3-22-15/h5-10,22H,1-4H2,(H2,20,24)(H,23,25,26). The third-order valence-electron chi connectivity index (χ3n) is 4.78. The number of carbonyl (C=O) groups excluding carboxylic acids is 1. The minimum absolute atomic E-state index is 0.0184. The average Bonchev–Trinajstić information content (AvgIpc) is 3.52. The summed E-state index contributed by atoms with van der Waals surface area (Å²) >= 11 is 0. The van der Waals surface area contributed by atoms with Gasteiger partial charge in [-0.3, -0.25) is 9.78 Å². The van der Waals surface area contributed by atoms with E-state index in [1.165, 1.54) is 0 Å². The largest absolute Gasteiger partial charge is 0.489 e. The van der Waals surface area contributed by atoms with Crippen LogP contribution in [-0.4, -0.2) is 34.0 Å². The molecule has 2 aliphatic rings. The number of nitrogen functional groups attached to an aromatic ring is 1. The summed E-state index contributed by atoms with van der Waals surface area (Å²) in [4.78, 5) is 25.1. The van der Waals surface area contributed by atoms with Gasteiger partial charge in [-0.25, -0.2) is 9.97 Å². The lowest BCUT2D eigenvalue weighted by molar-refractivity contribution is -0.117. The fraction of sp³-hybridized carbons (Fsp3) is 0.263. The molecular weight excluding hydrogens is 344 g/mol. The number of pyridine rings is 3. The summed E-state index contributed by atoms with van der Waals surface area (Å²) in [6.07, 6.45) is 6.98. The van der Waals surface area contributed by atoms with Gasteiger partial charge in [-0.2, -0.15) is 0 Å². The van der Waals surface area contributed by atoms with Crippen LogP contribution < -0.4 is 21.1 Å². The fourth-order valence-corrected chi connectivity index (χ4v) is 3.21. The molecule has 136 valence electrons.